The van der Waals surface area contributed by atoms with Crippen LogP contribution in [0.3, 0.4) is 0 Å². The summed E-state index contributed by atoms with van der Waals surface area (Å²) < 4.78 is 23.0. The van der Waals surface area contributed by atoms with Crippen LogP contribution < -0.4 is 5.32 Å². The molecule has 0 aliphatic carbocycles. The van der Waals surface area contributed by atoms with Gasteiger partial charge in [0, 0.05) is 11.7 Å². The standard InChI is InChI=1S/C16H24N2O3S/c1-12(2)13-5-4-6-14(9-13)17-16(19)10-18(3)15-7-8-22(20,21)11-15/h4-6,9,12,15H,7-8,10-11H2,1-3H3,(H,17,19). The van der Waals surface area contributed by atoms with E-state index >= 15 is 0 Å². The molecule has 1 amide bonds. The van der Waals surface area contributed by atoms with Crippen molar-refractivity contribution < 1.29 is 13.2 Å². The normalized spacial score (nSPS) is 20.5. The summed E-state index contributed by atoms with van der Waals surface area (Å²) in [6.07, 6.45) is 0.606. The van der Waals surface area contributed by atoms with Crippen LogP contribution in [0.25, 0.3) is 0 Å². The molecule has 1 aromatic rings. The maximum Gasteiger partial charge on any atom is 0.238 e. The summed E-state index contributed by atoms with van der Waals surface area (Å²) in [4.78, 5) is 13.9. The molecule has 0 radical (unpaired) electrons. The Labute approximate surface area is 132 Å². The van der Waals surface area contributed by atoms with Gasteiger partial charge < -0.3 is 5.32 Å². The second-order valence-corrected chi connectivity index (χ2v) is 8.53. The first-order valence-electron chi connectivity index (χ1n) is 7.57. The van der Waals surface area contributed by atoms with Gasteiger partial charge in [0.2, 0.25) is 5.91 Å². The first-order valence-corrected chi connectivity index (χ1v) is 9.39. The molecule has 0 aromatic heterocycles. The van der Waals surface area contributed by atoms with Gasteiger partial charge in [-0.3, -0.25) is 9.69 Å². The lowest BCUT2D eigenvalue weighted by atomic mass is 10.0. The van der Waals surface area contributed by atoms with E-state index < -0.39 is 9.84 Å². The summed E-state index contributed by atoms with van der Waals surface area (Å²) in [6, 6.07) is 7.75. The Kier molecular flexibility index (Phi) is 5.24. The van der Waals surface area contributed by atoms with Crippen LogP contribution in [-0.2, 0) is 14.6 Å². The monoisotopic (exact) mass is 324 g/mol. The van der Waals surface area contributed by atoms with Crippen molar-refractivity contribution in [2.75, 3.05) is 30.4 Å². The van der Waals surface area contributed by atoms with E-state index in [1.165, 1.54) is 5.56 Å². The van der Waals surface area contributed by atoms with Gasteiger partial charge in [0.15, 0.2) is 9.84 Å². The fourth-order valence-corrected chi connectivity index (χ4v) is 4.46. The van der Waals surface area contributed by atoms with Gasteiger partial charge in [-0.1, -0.05) is 26.0 Å². The number of likely N-dealkylation sites (N-methyl/N-ethyl adjacent to an activating group) is 1. The Balaban J connectivity index is 1.91. The third-order valence-corrected chi connectivity index (χ3v) is 5.81. The molecule has 5 nitrogen and oxygen atoms in total. The molecule has 1 unspecified atom stereocenters. The number of hydrogen-bond acceptors (Lipinski definition) is 4. The zero-order valence-corrected chi connectivity index (χ0v) is 14.2. The molecular formula is C16H24N2O3S. The average molecular weight is 324 g/mol. The molecule has 1 saturated heterocycles. The van der Waals surface area contributed by atoms with E-state index in [1.807, 2.05) is 29.2 Å². The van der Waals surface area contributed by atoms with Gasteiger partial charge >= 0.3 is 0 Å². The van der Waals surface area contributed by atoms with Gasteiger partial charge in [-0.2, -0.15) is 0 Å². The largest absolute Gasteiger partial charge is 0.325 e. The highest BCUT2D eigenvalue weighted by atomic mass is 32.2. The zero-order chi connectivity index (χ0) is 16.3. The molecule has 0 saturated carbocycles. The Morgan fingerprint density at radius 3 is 2.73 bits per heavy atom. The van der Waals surface area contributed by atoms with Crippen LogP contribution in [0.4, 0.5) is 5.69 Å². The lowest BCUT2D eigenvalue weighted by Crippen LogP contribution is -2.38. The summed E-state index contributed by atoms with van der Waals surface area (Å²) in [5, 5.41) is 2.88. The fourth-order valence-electron chi connectivity index (χ4n) is 2.65. The van der Waals surface area contributed by atoms with Crippen molar-refractivity contribution in [2.45, 2.75) is 32.2 Å². The number of anilines is 1. The van der Waals surface area contributed by atoms with E-state index in [9.17, 15) is 13.2 Å². The maximum atomic E-state index is 12.1. The van der Waals surface area contributed by atoms with Crippen molar-refractivity contribution in [1.82, 2.24) is 4.90 Å². The summed E-state index contributed by atoms with van der Waals surface area (Å²) in [5.74, 6) is 0.663. The maximum absolute atomic E-state index is 12.1. The zero-order valence-electron chi connectivity index (χ0n) is 13.4. The number of sulfone groups is 1. The molecule has 122 valence electrons. The van der Waals surface area contributed by atoms with Gasteiger partial charge in [0.25, 0.3) is 0 Å². The minimum atomic E-state index is -2.92. The Morgan fingerprint density at radius 1 is 1.41 bits per heavy atom. The highest BCUT2D eigenvalue weighted by Gasteiger charge is 2.31. The van der Waals surface area contributed by atoms with Crippen molar-refractivity contribution in [3.8, 4) is 0 Å². The molecule has 22 heavy (non-hydrogen) atoms. The molecule has 1 atom stereocenters. The van der Waals surface area contributed by atoms with Gasteiger partial charge in [-0.05, 0) is 37.1 Å². The molecule has 1 fully saturated rings. The molecule has 1 aliphatic heterocycles. The SMILES string of the molecule is CC(C)c1cccc(NC(=O)CN(C)C2CCS(=O)(=O)C2)c1. The highest BCUT2D eigenvalue weighted by molar-refractivity contribution is 7.91. The number of carbonyl (C=O) groups is 1. The van der Waals surface area contributed by atoms with Crippen molar-refractivity contribution >= 4 is 21.4 Å². The molecule has 2 rings (SSSR count). The van der Waals surface area contributed by atoms with Crippen LogP contribution >= 0.6 is 0 Å². The summed E-state index contributed by atoms with van der Waals surface area (Å²) >= 11 is 0. The van der Waals surface area contributed by atoms with Gasteiger partial charge in [0.05, 0.1) is 18.1 Å². The minimum Gasteiger partial charge on any atom is -0.325 e. The fraction of sp³-hybridized carbons (Fsp3) is 0.562. The number of hydrogen-bond donors (Lipinski definition) is 1. The van der Waals surface area contributed by atoms with E-state index in [4.69, 9.17) is 0 Å². The van der Waals surface area contributed by atoms with Crippen LogP contribution in [0.15, 0.2) is 24.3 Å². The van der Waals surface area contributed by atoms with E-state index in [0.29, 0.717) is 12.3 Å². The van der Waals surface area contributed by atoms with Gasteiger partial charge in [-0.25, -0.2) is 8.42 Å². The van der Waals surface area contributed by atoms with E-state index in [2.05, 4.69) is 19.2 Å². The Hall–Kier alpha value is -1.40. The molecule has 6 heteroatoms. The van der Waals surface area contributed by atoms with E-state index in [-0.39, 0.29) is 30.0 Å². The van der Waals surface area contributed by atoms with Gasteiger partial charge in [0.1, 0.15) is 0 Å². The van der Waals surface area contributed by atoms with E-state index in [1.54, 1.807) is 7.05 Å². The molecule has 1 aromatic carbocycles. The van der Waals surface area contributed by atoms with Crippen LogP contribution in [0.2, 0.25) is 0 Å². The third-order valence-electron chi connectivity index (χ3n) is 4.06. The lowest BCUT2D eigenvalue weighted by Gasteiger charge is -2.22. The second kappa shape index (κ2) is 6.79. The van der Waals surface area contributed by atoms with Crippen molar-refractivity contribution in [3.05, 3.63) is 29.8 Å². The first kappa shape index (κ1) is 17.0. The summed E-state index contributed by atoms with van der Waals surface area (Å²) in [5.41, 5.74) is 1.96. The van der Waals surface area contributed by atoms with Crippen LogP contribution in [0.5, 0.6) is 0 Å². The summed E-state index contributed by atoms with van der Waals surface area (Å²) in [7, 11) is -1.12. The number of nitrogens with zero attached hydrogens (tertiary/aromatic N) is 1. The second-order valence-electron chi connectivity index (χ2n) is 6.30. The number of nitrogens with one attached hydrogen (secondary N) is 1. The first-order chi connectivity index (χ1) is 10.3. The molecule has 0 bridgehead atoms. The predicted molar refractivity (Wildman–Crippen MR) is 88.8 cm³/mol. The lowest BCUT2D eigenvalue weighted by molar-refractivity contribution is -0.117. The quantitative estimate of drug-likeness (QED) is 0.898. The average Bonchev–Trinajstić information content (AvgIpc) is 2.79. The van der Waals surface area contributed by atoms with E-state index in [0.717, 1.165) is 5.69 Å². The van der Waals surface area contributed by atoms with Crippen molar-refractivity contribution in [1.29, 1.82) is 0 Å². The molecule has 1 aliphatic rings. The molecule has 1 N–H and O–H groups in total. The Bertz CT molecular complexity index is 641. The number of rotatable bonds is 5. The topological polar surface area (TPSA) is 66.5 Å². The van der Waals surface area contributed by atoms with Crippen LogP contribution in [-0.4, -0.2) is 50.4 Å². The minimum absolute atomic E-state index is 0.0576. The summed E-state index contributed by atoms with van der Waals surface area (Å²) in [6.45, 7) is 4.41. The molecular weight excluding hydrogens is 300 g/mol. The third kappa shape index (κ3) is 4.55. The molecule has 1 heterocycles. The molecule has 0 spiro atoms. The number of benzene rings is 1. The Morgan fingerprint density at radius 2 is 2.14 bits per heavy atom. The van der Waals surface area contributed by atoms with Crippen molar-refractivity contribution in [3.63, 3.8) is 0 Å². The number of carbonyl (C=O) groups excluding carboxylic acids is 1. The number of amides is 1. The predicted octanol–water partition coefficient (Wildman–Crippen LogP) is 1.87. The van der Waals surface area contributed by atoms with Gasteiger partial charge in [-0.15, -0.1) is 0 Å². The van der Waals surface area contributed by atoms with Crippen LogP contribution in [0, 0.1) is 0 Å². The smallest absolute Gasteiger partial charge is 0.238 e. The highest BCUT2D eigenvalue weighted by Crippen LogP contribution is 2.19. The van der Waals surface area contributed by atoms with Crippen molar-refractivity contribution in [2.24, 2.45) is 0 Å². The van der Waals surface area contributed by atoms with Crippen LogP contribution in [0.1, 0.15) is 31.7 Å².